The zero-order chi connectivity index (χ0) is 18.6. The van der Waals surface area contributed by atoms with E-state index in [2.05, 4.69) is 10.6 Å². The number of hydrogen-bond donors (Lipinski definition) is 2. The predicted molar refractivity (Wildman–Crippen MR) is 96.9 cm³/mol. The van der Waals surface area contributed by atoms with Crippen LogP contribution in [0.2, 0.25) is 0 Å². The summed E-state index contributed by atoms with van der Waals surface area (Å²) in [5.41, 5.74) is 0.744. The van der Waals surface area contributed by atoms with Gasteiger partial charge in [0.1, 0.15) is 6.04 Å². The van der Waals surface area contributed by atoms with Crippen LogP contribution >= 0.6 is 0 Å². The van der Waals surface area contributed by atoms with E-state index in [1.807, 2.05) is 13.8 Å². The maximum absolute atomic E-state index is 12.6. The van der Waals surface area contributed by atoms with E-state index in [9.17, 15) is 18.0 Å². The SMILES string of the molecule is CCC(C)NC(=O)c1ccccc1NC(=O)C1CCCN1S(C)(=O)=O. The van der Waals surface area contributed by atoms with Crippen molar-refractivity contribution >= 4 is 27.5 Å². The van der Waals surface area contributed by atoms with Crippen LogP contribution in [0.25, 0.3) is 0 Å². The standard InChI is InChI=1S/C17H25N3O4S/c1-4-12(2)18-16(21)13-8-5-6-9-14(13)19-17(22)15-10-7-11-20(15)25(3,23)24/h5-6,8-9,12,15H,4,7,10-11H2,1-3H3,(H,18,21)(H,19,22). The van der Waals surface area contributed by atoms with Gasteiger partial charge in [-0.2, -0.15) is 4.31 Å². The molecule has 1 saturated heterocycles. The van der Waals surface area contributed by atoms with Crippen molar-refractivity contribution in [2.75, 3.05) is 18.1 Å². The van der Waals surface area contributed by atoms with E-state index in [1.54, 1.807) is 24.3 Å². The molecular formula is C17H25N3O4S. The summed E-state index contributed by atoms with van der Waals surface area (Å²) in [4.78, 5) is 25.0. The summed E-state index contributed by atoms with van der Waals surface area (Å²) in [6.45, 7) is 4.22. The van der Waals surface area contributed by atoms with Crippen LogP contribution in [-0.2, 0) is 14.8 Å². The number of carbonyl (C=O) groups excluding carboxylic acids is 2. The molecule has 1 aromatic carbocycles. The molecule has 1 heterocycles. The maximum Gasteiger partial charge on any atom is 0.253 e. The Morgan fingerprint density at radius 1 is 1.32 bits per heavy atom. The van der Waals surface area contributed by atoms with Crippen molar-refractivity contribution in [3.63, 3.8) is 0 Å². The summed E-state index contributed by atoms with van der Waals surface area (Å²) in [5.74, 6) is -0.677. The van der Waals surface area contributed by atoms with Gasteiger partial charge in [-0.1, -0.05) is 19.1 Å². The second kappa shape index (κ2) is 7.97. The van der Waals surface area contributed by atoms with Crippen LogP contribution in [0.5, 0.6) is 0 Å². The third-order valence-corrected chi connectivity index (χ3v) is 5.64. The average molecular weight is 367 g/mol. The zero-order valence-electron chi connectivity index (χ0n) is 14.8. The summed E-state index contributed by atoms with van der Waals surface area (Å²) >= 11 is 0. The fraction of sp³-hybridized carbons (Fsp3) is 0.529. The summed E-state index contributed by atoms with van der Waals surface area (Å²) in [6.07, 6.45) is 3.01. The highest BCUT2D eigenvalue weighted by atomic mass is 32.2. The van der Waals surface area contributed by atoms with E-state index in [1.165, 1.54) is 4.31 Å². The molecule has 0 aliphatic carbocycles. The molecule has 2 unspecified atom stereocenters. The number of rotatable bonds is 6. The van der Waals surface area contributed by atoms with Crippen molar-refractivity contribution in [1.82, 2.24) is 9.62 Å². The molecule has 0 saturated carbocycles. The lowest BCUT2D eigenvalue weighted by Crippen LogP contribution is -2.43. The number of sulfonamides is 1. The van der Waals surface area contributed by atoms with Gasteiger partial charge in [0.25, 0.3) is 5.91 Å². The molecule has 0 spiro atoms. The lowest BCUT2D eigenvalue weighted by Gasteiger charge is -2.22. The Balaban J connectivity index is 2.18. The van der Waals surface area contributed by atoms with Crippen molar-refractivity contribution in [3.05, 3.63) is 29.8 Å². The normalized spacial score (nSPS) is 19.4. The molecule has 2 atom stereocenters. The first-order chi connectivity index (χ1) is 11.7. The van der Waals surface area contributed by atoms with Crippen molar-refractivity contribution in [1.29, 1.82) is 0 Å². The minimum atomic E-state index is -3.44. The third-order valence-electron chi connectivity index (χ3n) is 4.35. The second-order valence-corrected chi connectivity index (χ2v) is 8.28. The van der Waals surface area contributed by atoms with Gasteiger partial charge in [0.05, 0.1) is 17.5 Å². The molecule has 1 aliphatic rings. The van der Waals surface area contributed by atoms with E-state index in [4.69, 9.17) is 0 Å². The number of anilines is 1. The topological polar surface area (TPSA) is 95.6 Å². The quantitative estimate of drug-likeness (QED) is 0.798. The highest BCUT2D eigenvalue weighted by Crippen LogP contribution is 2.23. The van der Waals surface area contributed by atoms with Gasteiger partial charge in [-0.25, -0.2) is 8.42 Å². The van der Waals surface area contributed by atoms with E-state index >= 15 is 0 Å². The van der Waals surface area contributed by atoms with Crippen molar-refractivity contribution in [2.24, 2.45) is 0 Å². The zero-order valence-corrected chi connectivity index (χ0v) is 15.6. The Kier molecular flexibility index (Phi) is 6.18. The Morgan fingerprint density at radius 2 is 2.00 bits per heavy atom. The number of hydrogen-bond acceptors (Lipinski definition) is 4. The second-order valence-electron chi connectivity index (χ2n) is 6.35. The van der Waals surface area contributed by atoms with Crippen molar-refractivity contribution in [2.45, 2.75) is 45.2 Å². The first-order valence-electron chi connectivity index (χ1n) is 8.41. The fourth-order valence-electron chi connectivity index (χ4n) is 2.81. The molecule has 1 fully saturated rings. The van der Waals surface area contributed by atoms with Crippen molar-refractivity contribution in [3.8, 4) is 0 Å². The maximum atomic E-state index is 12.6. The minimum absolute atomic E-state index is 0.0202. The van der Waals surface area contributed by atoms with Crippen molar-refractivity contribution < 1.29 is 18.0 Å². The number of para-hydroxylation sites is 1. The monoisotopic (exact) mass is 367 g/mol. The van der Waals surface area contributed by atoms with E-state index in [-0.39, 0.29) is 11.9 Å². The Morgan fingerprint density at radius 3 is 2.64 bits per heavy atom. The van der Waals surface area contributed by atoms with Gasteiger partial charge in [-0.05, 0) is 38.3 Å². The number of nitrogens with one attached hydrogen (secondary N) is 2. The minimum Gasteiger partial charge on any atom is -0.350 e. The summed E-state index contributed by atoms with van der Waals surface area (Å²) in [7, 11) is -3.44. The van der Waals surface area contributed by atoms with Gasteiger partial charge in [0, 0.05) is 12.6 Å². The molecule has 25 heavy (non-hydrogen) atoms. The van der Waals surface area contributed by atoms with Gasteiger partial charge >= 0.3 is 0 Å². The molecule has 2 N–H and O–H groups in total. The molecule has 2 rings (SSSR count). The van der Waals surface area contributed by atoms with E-state index in [0.717, 1.165) is 12.7 Å². The van der Waals surface area contributed by atoms with Crippen LogP contribution < -0.4 is 10.6 Å². The summed E-state index contributed by atoms with van der Waals surface area (Å²) in [5, 5.41) is 5.59. The number of amides is 2. The van der Waals surface area contributed by atoms with Gasteiger partial charge < -0.3 is 10.6 Å². The van der Waals surface area contributed by atoms with Crippen LogP contribution in [0.15, 0.2) is 24.3 Å². The fourth-order valence-corrected chi connectivity index (χ4v) is 3.93. The molecule has 0 radical (unpaired) electrons. The predicted octanol–water partition coefficient (Wildman–Crippen LogP) is 1.58. The van der Waals surface area contributed by atoms with Gasteiger partial charge in [-0.3, -0.25) is 9.59 Å². The number of benzene rings is 1. The lowest BCUT2D eigenvalue weighted by atomic mass is 10.1. The Bertz CT molecular complexity index is 748. The van der Waals surface area contributed by atoms with Gasteiger partial charge in [-0.15, -0.1) is 0 Å². The number of nitrogens with zero attached hydrogens (tertiary/aromatic N) is 1. The highest BCUT2D eigenvalue weighted by Gasteiger charge is 2.36. The molecule has 8 heteroatoms. The Labute approximate surface area is 148 Å². The van der Waals surface area contributed by atoms with Gasteiger partial charge in [0.15, 0.2) is 0 Å². The molecule has 2 amide bonds. The van der Waals surface area contributed by atoms with Crippen LogP contribution in [-0.4, -0.2) is 49.4 Å². The molecule has 1 aliphatic heterocycles. The molecule has 7 nitrogen and oxygen atoms in total. The van der Waals surface area contributed by atoms with Crippen LogP contribution in [0.3, 0.4) is 0 Å². The average Bonchev–Trinajstić information content (AvgIpc) is 3.05. The molecule has 0 aromatic heterocycles. The van der Waals surface area contributed by atoms with Crippen LogP contribution in [0.1, 0.15) is 43.5 Å². The lowest BCUT2D eigenvalue weighted by molar-refractivity contribution is -0.119. The molecular weight excluding hydrogens is 342 g/mol. The summed E-state index contributed by atoms with van der Waals surface area (Å²) < 4.78 is 24.8. The van der Waals surface area contributed by atoms with E-state index in [0.29, 0.717) is 30.6 Å². The molecule has 1 aromatic rings. The smallest absolute Gasteiger partial charge is 0.253 e. The number of carbonyl (C=O) groups is 2. The van der Waals surface area contributed by atoms with Crippen LogP contribution in [0, 0.1) is 0 Å². The first kappa shape index (κ1) is 19.4. The largest absolute Gasteiger partial charge is 0.350 e. The van der Waals surface area contributed by atoms with Gasteiger partial charge in [0.2, 0.25) is 15.9 Å². The molecule has 138 valence electrons. The third kappa shape index (κ3) is 4.79. The Hall–Kier alpha value is -1.93. The molecule has 0 bridgehead atoms. The highest BCUT2D eigenvalue weighted by molar-refractivity contribution is 7.88. The first-order valence-corrected chi connectivity index (χ1v) is 10.3. The van der Waals surface area contributed by atoms with Crippen LogP contribution in [0.4, 0.5) is 5.69 Å². The van der Waals surface area contributed by atoms with E-state index < -0.39 is 22.0 Å². The summed E-state index contributed by atoms with van der Waals surface area (Å²) in [6, 6.07) is 6.00.